The summed E-state index contributed by atoms with van der Waals surface area (Å²) in [6, 6.07) is 18.1. The van der Waals surface area contributed by atoms with Crippen LogP contribution in [0.3, 0.4) is 0 Å². The van der Waals surface area contributed by atoms with Gasteiger partial charge in [0.2, 0.25) is 0 Å². The third kappa shape index (κ3) is 7.41. The molecular formula is C26H16N4Na2O9S2. The third-order valence-electron chi connectivity index (χ3n) is 5.90. The summed E-state index contributed by atoms with van der Waals surface area (Å²) >= 11 is 0. The van der Waals surface area contributed by atoms with Crippen molar-refractivity contribution in [2.24, 2.45) is 20.5 Å². The molecule has 3 N–H and O–H groups in total. The Bertz CT molecular complexity index is 2140. The second kappa shape index (κ2) is 13.4. The van der Waals surface area contributed by atoms with Crippen molar-refractivity contribution in [2.75, 3.05) is 0 Å². The average Bonchev–Trinajstić information content (AvgIpc) is 2.91. The number of benzene rings is 5. The molecule has 17 heteroatoms. The number of phenols is 1. The summed E-state index contributed by atoms with van der Waals surface area (Å²) in [6.45, 7) is 0. The van der Waals surface area contributed by atoms with Crippen molar-refractivity contribution in [3.05, 3.63) is 78.9 Å². The van der Waals surface area contributed by atoms with E-state index < -0.39 is 58.0 Å². The van der Waals surface area contributed by atoms with Crippen LogP contribution in [0, 0.1) is 0 Å². The SMILES string of the molecule is O=S(=O)(O)c1cc(O)c2c([O-])c(N=Nc3ccc(N=Nc4c([O-])ccc5ccccc45)cc3)c(S(=O)(=O)O)cc2c1.[Na+].[Na+]. The minimum Gasteiger partial charge on any atom is -0.871 e. The number of nitrogens with zero attached hydrogens (tertiary/aromatic N) is 4. The Kier molecular flexibility index (Phi) is 10.7. The van der Waals surface area contributed by atoms with E-state index in [2.05, 4.69) is 20.5 Å². The van der Waals surface area contributed by atoms with E-state index in [1.807, 2.05) is 12.1 Å². The van der Waals surface area contributed by atoms with Gasteiger partial charge >= 0.3 is 59.1 Å². The van der Waals surface area contributed by atoms with Gasteiger partial charge in [-0.2, -0.15) is 32.2 Å². The molecule has 0 spiro atoms. The van der Waals surface area contributed by atoms with Crippen LogP contribution in [0.5, 0.6) is 17.2 Å². The Morgan fingerprint density at radius 2 is 1.21 bits per heavy atom. The van der Waals surface area contributed by atoms with Gasteiger partial charge in [-0.25, -0.2) is 0 Å². The molecule has 0 saturated carbocycles. The molecule has 13 nitrogen and oxygen atoms in total. The van der Waals surface area contributed by atoms with E-state index in [9.17, 15) is 41.3 Å². The van der Waals surface area contributed by atoms with Crippen molar-refractivity contribution in [3.8, 4) is 17.2 Å². The molecule has 0 radical (unpaired) electrons. The Hall–Kier alpha value is -2.96. The number of phenolic OH excluding ortho intramolecular Hbond substituents is 1. The predicted molar refractivity (Wildman–Crippen MR) is 143 cm³/mol. The molecule has 0 heterocycles. The molecule has 0 aromatic heterocycles. The molecule has 43 heavy (non-hydrogen) atoms. The molecule has 0 aliphatic heterocycles. The molecule has 0 amide bonds. The van der Waals surface area contributed by atoms with E-state index in [1.165, 1.54) is 30.3 Å². The zero-order valence-corrected chi connectivity index (χ0v) is 28.0. The van der Waals surface area contributed by atoms with Crippen LogP contribution < -0.4 is 69.3 Å². The molecule has 0 unspecified atom stereocenters. The second-order valence-electron chi connectivity index (χ2n) is 8.59. The zero-order chi connectivity index (χ0) is 29.5. The van der Waals surface area contributed by atoms with Crippen LogP contribution in [0.15, 0.2) is 109 Å². The molecule has 5 rings (SSSR count). The molecule has 0 bridgehead atoms. The van der Waals surface area contributed by atoms with E-state index in [0.717, 1.165) is 17.5 Å². The summed E-state index contributed by atoms with van der Waals surface area (Å²) in [7, 11) is -9.89. The number of rotatable bonds is 6. The monoisotopic (exact) mass is 638 g/mol. The molecule has 208 valence electrons. The number of azo groups is 2. The minimum atomic E-state index is -5.07. The van der Waals surface area contributed by atoms with Gasteiger partial charge in [0, 0.05) is 16.8 Å². The van der Waals surface area contributed by atoms with Crippen LogP contribution in [0.25, 0.3) is 21.5 Å². The van der Waals surface area contributed by atoms with Crippen molar-refractivity contribution in [3.63, 3.8) is 0 Å². The van der Waals surface area contributed by atoms with Crippen LogP contribution >= 0.6 is 0 Å². The van der Waals surface area contributed by atoms with E-state index in [0.29, 0.717) is 17.1 Å². The molecule has 0 atom stereocenters. The van der Waals surface area contributed by atoms with Gasteiger partial charge in [0.15, 0.2) is 0 Å². The average molecular weight is 639 g/mol. The van der Waals surface area contributed by atoms with Crippen LogP contribution in [0.4, 0.5) is 22.7 Å². The van der Waals surface area contributed by atoms with Gasteiger partial charge in [-0.1, -0.05) is 47.9 Å². The zero-order valence-electron chi connectivity index (χ0n) is 22.4. The van der Waals surface area contributed by atoms with Crippen molar-refractivity contribution >= 4 is 64.5 Å². The first kappa shape index (κ1) is 34.5. The topological polar surface area (TPSA) is 225 Å². The van der Waals surface area contributed by atoms with Gasteiger partial charge in [0.05, 0.1) is 27.6 Å². The number of hydrogen-bond acceptors (Lipinski definition) is 11. The fourth-order valence-corrected chi connectivity index (χ4v) is 5.19. The summed E-state index contributed by atoms with van der Waals surface area (Å²) in [5.74, 6) is -2.36. The quantitative estimate of drug-likeness (QED) is 0.120. The maximum atomic E-state index is 13.0. The maximum Gasteiger partial charge on any atom is 1.00 e. The first-order chi connectivity index (χ1) is 19.3. The van der Waals surface area contributed by atoms with Gasteiger partial charge in [-0.3, -0.25) is 9.11 Å². The molecule has 0 aliphatic carbocycles. The summed E-state index contributed by atoms with van der Waals surface area (Å²) in [5, 5.41) is 51.8. The molecule has 0 fully saturated rings. The van der Waals surface area contributed by atoms with Crippen LogP contribution in [-0.4, -0.2) is 31.0 Å². The molecule has 5 aromatic carbocycles. The number of aromatic hydroxyl groups is 1. The molecule has 5 aromatic rings. The van der Waals surface area contributed by atoms with Gasteiger partial charge in [0.25, 0.3) is 20.2 Å². The van der Waals surface area contributed by atoms with Gasteiger partial charge in [-0.15, -0.1) is 5.11 Å². The number of fused-ring (bicyclic) bond motifs is 2. The van der Waals surface area contributed by atoms with Gasteiger partial charge in [0.1, 0.15) is 10.6 Å². The summed E-state index contributed by atoms with van der Waals surface area (Å²) in [4.78, 5) is -1.80. The van der Waals surface area contributed by atoms with Crippen molar-refractivity contribution in [1.29, 1.82) is 0 Å². The minimum absolute atomic E-state index is 0. The van der Waals surface area contributed by atoms with Crippen LogP contribution in [-0.2, 0) is 20.2 Å². The Morgan fingerprint density at radius 1 is 0.628 bits per heavy atom. The molecule has 0 saturated heterocycles. The Labute approximate surface area is 288 Å². The Morgan fingerprint density at radius 3 is 1.79 bits per heavy atom. The normalized spacial score (nSPS) is 12.0. The number of hydrogen-bond donors (Lipinski definition) is 3. The van der Waals surface area contributed by atoms with E-state index >= 15 is 0 Å². The molecular weight excluding hydrogens is 622 g/mol. The van der Waals surface area contributed by atoms with Gasteiger partial charge in [-0.05, 0) is 47.2 Å². The first-order valence-corrected chi connectivity index (χ1v) is 14.3. The fourth-order valence-electron chi connectivity index (χ4n) is 4.00. The van der Waals surface area contributed by atoms with Crippen molar-refractivity contribution in [1.82, 2.24) is 0 Å². The smallest absolute Gasteiger partial charge is 0.871 e. The van der Waals surface area contributed by atoms with Crippen molar-refractivity contribution < 1.29 is 100 Å². The third-order valence-corrected chi connectivity index (χ3v) is 7.60. The summed E-state index contributed by atoms with van der Waals surface area (Å²) < 4.78 is 65.9. The fraction of sp³-hybridized carbons (Fsp3) is 0. The van der Waals surface area contributed by atoms with E-state index in [-0.39, 0.29) is 76.2 Å². The van der Waals surface area contributed by atoms with Crippen LogP contribution in [0.2, 0.25) is 0 Å². The van der Waals surface area contributed by atoms with Crippen molar-refractivity contribution in [2.45, 2.75) is 9.79 Å². The van der Waals surface area contributed by atoms with Crippen LogP contribution in [0.1, 0.15) is 0 Å². The summed E-state index contributed by atoms with van der Waals surface area (Å²) in [6.07, 6.45) is 0. The summed E-state index contributed by atoms with van der Waals surface area (Å²) in [5.41, 5.74) is -0.219. The molecule has 0 aliphatic rings. The largest absolute Gasteiger partial charge is 1.00 e. The second-order valence-corrected chi connectivity index (χ2v) is 11.4. The van der Waals surface area contributed by atoms with E-state index in [1.54, 1.807) is 18.2 Å². The maximum absolute atomic E-state index is 13.0. The first-order valence-electron chi connectivity index (χ1n) is 11.4. The Balaban J connectivity index is 0.00000253. The van der Waals surface area contributed by atoms with Gasteiger partial charge < -0.3 is 15.3 Å². The predicted octanol–water partition coefficient (Wildman–Crippen LogP) is -0.822. The van der Waals surface area contributed by atoms with E-state index in [4.69, 9.17) is 0 Å². The standard InChI is InChI=1S/C26H18N4O9S2.2Na/c31-20-10-5-14-3-1-2-4-19(14)24(20)29-27-16-6-8-17(9-7-16)28-30-25-22(41(37,38)39)12-15-11-18(40(34,35)36)13-21(32)23(15)26(25)33;;/h1-13,31-33H,(H,34,35,36)(H,37,38,39);;/q;2*+1/p-2.